The molecular weight excluding hydrogens is 286 g/mol. The average molecular weight is 299 g/mol. The molecule has 0 atom stereocenters. The van der Waals surface area contributed by atoms with Crippen molar-refractivity contribution in [3.63, 3.8) is 0 Å². The minimum atomic E-state index is -0.640. The van der Waals surface area contributed by atoms with Crippen molar-refractivity contribution in [3.05, 3.63) is 65.2 Å². The van der Waals surface area contributed by atoms with Gasteiger partial charge in [0.15, 0.2) is 0 Å². The number of rotatable bonds is 4. The average Bonchev–Trinajstić information content (AvgIpc) is 2.37. The maximum Gasteiger partial charge on any atom is 0.137 e. The molecule has 0 aromatic heterocycles. The number of nitrogen functional groups attached to an aromatic ring is 1. The fourth-order valence-electron chi connectivity index (χ4n) is 1.66. The number of hydrogen-bond acceptors (Lipinski definition) is 2. The van der Waals surface area contributed by atoms with Gasteiger partial charge < -0.3 is 10.5 Å². The summed E-state index contributed by atoms with van der Waals surface area (Å²) in [6.45, 7) is -0.0591. The highest BCUT2D eigenvalue weighted by Crippen LogP contribution is 2.22. The van der Waals surface area contributed by atoms with E-state index in [1.807, 2.05) is 0 Å². The van der Waals surface area contributed by atoms with Crippen LogP contribution in [0.3, 0.4) is 0 Å². The number of halogens is 3. The third kappa shape index (κ3) is 3.45. The lowest BCUT2D eigenvalue weighted by molar-refractivity contribution is 0.297. The predicted molar refractivity (Wildman–Crippen MR) is 75.4 cm³/mol. The van der Waals surface area contributed by atoms with Crippen molar-refractivity contribution >= 4 is 18.2 Å². The molecule has 0 aliphatic carbocycles. The second-order valence-corrected chi connectivity index (χ2v) is 3.91. The Morgan fingerprint density at radius 1 is 1.05 bits per heavy atom. The van der Waals surface area contributed by atoms with Gasteiger partial charge in [0.25, 0.3) is 0 Å². The molecule has 0 unspecified atom stereocenters. The first kappa shape index (κ1) is 15.9. The molecule has 3 nitrogen and oxygen atoms in total. The largest absolute Gasteiger partial charge is 0.488 e. The molecule has 0 aliphatic heterocycles. The van der Waals surface area contributed by atoms with Crippen LogP contribution < -0.4 is 10.5 Å². The van der Waals surface area contributed by atoms with E-state index in [1.54, 1.807) is 18.2 Å². The van der Waals surface area contributed by atoms with Crippen molar-refractivity contribution in [1.29, 1.82) is 5.41 Å². The molecule has 0 bridgehead atoms. The maximum absolute atomic E-state index is 13.5. The molecule has 0 radical (unpaired) electrons. The summed E-state index contributed by atoms with van der Waals surface area (Å²) in [6.07, 6.45) is 0. The zero-order valence-corrected chi connectivity index (χ0v) is 11.2. The van der Waals surface area contributed by atoms with Crippen LogP contribution in [0.2, 0.25) is 0 Å². The topological polar surface area (TPSA) is 59.1 Å². The van der Waals surface area contributed by atoms with Crippen LogP contribution in [0.15, 0.2) is 42.5 Å². The maximum atomic E-state index is 13.5. The van der Waals surface area contributed by atoms with Gasteiger partial charge in [-0.2, -0.15) is 0 Å². The van der Waals surface area contributed by atoms with Crippen LogP contribution in [0.25, 0.3) is 0 Å². The molecule has 0 spiro atoms. The van der Waals surface area contributed by atoms with Crippen LogP contribution in [0.5, 0.6) is 5.75 Å². The first-order valence-corrected chi connectivity index (χ1v) is 5.58. The van der Waals surface area contributed by atoms with Gasteiger partial charge in [-0.15, -0.1) is 12.4 Å². The van der Waals surface area contributed by atoms with Crippen LogP contribution in [-0.4, -0.2) is 5.84 Å². The number of hydrogen-bond donors (Lipinski definition) is 2. The Kier molecular flexibility index (Phi) is 5.46. The zero-order valence-electron chi connectivity index (χ0n) is 10.4. The van der Waals surface area contributed by atoms with Crippen molar-refractivity contribution in [3.8, 4) is 5.75 Å². The fourth-order valence-corrected chi connectivity index (χ4v) is 1.66. The van der Waals surface area contributed by atoms with Crippen LogP contribution >= 0.6 is 12.4 Å². The first-order chi connectivity index (χ1) is 9.09. The standard InChI is InChI=1S/C14H12F2N2O.ClH/c15-10-5-2-1-4-9(10)8-19-12-7-3-6-11(16)13(12)14(17)18;/h1-7H,8H2,(H3,17,18);1H. The molecule has 0 saturated carbocycles. The van der Waals surface area contributed by atoms with Gasteiger partial charge >= 0.3 is 0 Å². The number of nitrogens with one attached hydrogen (secondary N) is 1. The van der Waals surface area contributed by atoms with Crippen LogP contribution in [0.4, 0.5) is 8.78 Å². The summed E-state index contributed by atoms with van der Waals surface area (Å²) in [5.74, 6) is -1.35. The van der Waals surface area contributed by atoms with Crippen molar-refractivity contribution in [2.75, 3.05) is 0 Å². The lowest BCUT2D eigenvalue weighted by Gasteiger charge is -2.11. The van der Waals surface area contributed by atoms with E-state index in [9.17, 15) is 8.78 Å². The summed E-state index contributed by atoms with van der Waals surface area (Å²) in [7, 11) is 0. The van der Waals surface area contributed by atoms with Crippen molar-refractivity contribution in [1.82, 2.24) is 0 Å². The molecule has 0 saturated heterocycles. The lowest BCUT2D eigenvalue weighted by atomic mass is 10.1. The van der Waals surface area contributed by atoms with Gasteiger partial charge in [-0.1, -0.05) is 24.3 Å². The molecule has 2 aromatic carbocycles. The summed E-state index contributed by atoms with van der Waals surface area (Å²) < 4.78 is 32.3. The molecule has 3 N–H and O–H groups in total. The van der Waals surface area contributed by atoms with Crippen molar-refractivity contribution < 1.29 is 13.5 Å². The zero-order chi connectivity index (χ0) is 13.8. The first-order valence-electron chi connectivity index (χ1n) is 5.58. The highest BCUT2D eigenvalue weighted by Gasteiger charge is 2.13. The lowest BCUT2D eigenvalue weighted by Crippen LogP contribution is -2.15. The number of ether oxygens (including phenoxy) is 1. The minimum absolute atomic E-state index is 0. The van der Waals surface area contributed by atoms with Crippen molar-refractivity contribution in [2.24, 2.45) is 5.73 Å². The summed E-state index contributed by atoms with van der Waals surface area (Å²) in [5.41, 5.74) is 5.54. The number of amidine groups is 1. The van der Waals surface area contributed by atoms with Gasteiger partial charge in [-0.3, -0.25) is 5.41 Å². The Labute approximate surface area is 121 Å². The van der Waals surface area contributed by atoms with Crippen LogP contribution in [-0.2, 0) is 6.61 Å². The van der Waals surface area contributed by atoms with Gasteiger partial charge in [0.05, 0.1) is 5.56 Å². The third-order valence-corrected chi connectivity index (χ3v) is 2.59. The van der Waals surface area contributed by atoms with E-state index in [-0.39, 0.29) is 30.3 Å². The fraction of sp³-hybridized carbons (Fsp3) is 0.0714. The van der Waals surface area contributed by atoms with Gasteiger partial charge in [-0.05, 0) is 18.2 Å². The second-order valence-electron chi connectivity index (χ2n) is 3.91. The van der Waals surface area contributed by atoms with Gasteiger partial charge in [0.1, 0.15) is 29.8 Å². The second kappa shape index (κ2) is 6.86. The minimum Gasteiger partial charge on any atom is -0.488 e. The Morgan fingerprint density at radius 3 is 2.35 bits per heavy atom. The Hall–Kier alpha value is -2.14. The van der Waals surface area contributed by atoms with E-state index in [2.05, 4.69) is 0 Å². The van der Waals surface area contributed by atoms with E-state index < -0.39 is 17.5 Å². The molecular formula is C14H13ClF2N2O. The van der Waals surface area contributed by atoms with Crippen molar-refractivity contribution in [2.45, 2.75) is 6.61 Å². The Bertz CT molecular complexity index is 620. The van der Waals surface area contributed by atoms with Gasteiger partial charge in [-0.25, -0.2) is 8.78 Å². The van der Waals surface area contributed by atoms with Crippen LogP contribution in [0.1, 0.15) is 11.1 Å². The number of nitrogens with two attached hydrogens (primary N) is 1. The summed E-state index contributed by atoms with van der Waals surface area (Å²) in [6, 6.07) is 10.3. The monoisotopic (exact) mass is 298 g/mol. The van der Waals surface area contributed by atoms with E-state index in [4.69, 9.17) is 15.9 Å². The highest BCUT2D eigenvalue weighted by atomic mass is 35.5. The Balaban J connectivity index is 0.00000200. The van der Waals surface area contributed by atoms with E-state index in [0.717, 1.165) is 0 Å². The Morgan fingerprint density at radius 2 is 1.70 bits per heavy atom. The quantitative estimate of drug-likeness (QED) is 0.672. The van der Waals surface area contributed by atoms with E-state index in [0.29, 0.717) is 5.56 Å². The smallest absolute Gasteiger partial charge is 0.137 e. The van der Waals surface area contributed by atoms with Crippen LogP contribution in [0, 0.1) is 17.0 Å². The molecule has 0 amide bonds. The molecule has 106 valence electrons. The highest BCUT2D eigenvalue weighted by molar-refractivity contribution is 5.97. The summed E-state index contributed by atoms with van der Waals surface area (Å²) in [4.78, 5) is 0. The molecule has 0 heterocycles. The van der Waals surface area contributed by atoms with E-state index in [1.165, 1.54) is 24.3 Å². The SMILES string of the molecule is Cl.N=C(N)c1c(F)cccc1OCc1ccccc1F. The predicted octanol–water partition coefficient (Wildman–Crippen LogP) is 3.25. The van der Waals surface area contributed by atoms with Gasteiger partial charge in [0, 0.05) is 5.56 Å². The number of benzene rings is 2. The molecule has 2 rings (SSSR count). The van der Waals surface area contributed by atoms with E-state index >= 15 is 0 Å². The third-order valence-electron chi connectivity index (χ3n) is 2.59. The molecule has 6 heteroatoms. The summed E-state index contributed by atoms with van der Waals surface area (Å²) in [5, 5.41) is 7.33. The molecule has 2 aromatic rings. The molecule has 0 fully saturated rings. The summed E-state index contributed by atoms with van der Waals surface area (Å²) >= 11 is 0. The molecule has 20 heavy (non-hydrogen) atoms. The van der Waals surface area contributed by atoms with Gasteiger partial charge in [0.2, 0.25) is 0 Å². The molecule has 0 aliphatic rings. The normalized spacial score (nSPS) is 9.70.